The van der Waals surface area contributed by atoms with Gasteiger partial charge in [0.15, 0.2) is 18.8 Å². The van der Waals surface area contributed by atoms with Gasteiger partial charge in [-0.25, -0.2) is 4.79 Å². The molecule has 10 nitrogen and oxygen atoms in total. The van der Waals surface area contributed by atoms with Crippen LogP contribution >= 0.6 is 32.0 Å². The molecule has 0 spiro atoms. The summed E-state index contributed by atoms with van der Waals surface area (Å²) in [4.78, 5) is 23.8. The van der Waals surface area contributed by atoms with E-state index in [-0.39, 0.29) is 12.3 Å². The molecule has 32 heavy (non-hydrogen) atoms. The summed E-state index contributed by atoms with van der Waals surface area (Å²) in [6.07, 6.45) is 1.67. The van der Waals surface area contributed by atoms with Gasteiger partial charge in [-0.15, -0.1) is 9.05 Å². The largest absolute Gasteiger partial charge is 0.621 e. The number of aromatic amines is 1. The number of aliphatic hydroxyl groups excluding tert-OH is 2. The van der Waals surface area contributed by atoms with E-state index in [9.17, 15) is 14.8 Å². The van der Waals surface area contributed by atoms with Crippen LogP contribution in [0.25, 0.3) is 0 Å². The third kappa shape index (κ3) is 7.05. The lowest BCUT2D eigenvalue weighted by atomic mass is 10.2. The predicted octanol–water partition coefficient (Wildman–Crippen LogP) is 3.75. The molecule has 4 N–H and O–H groups in total. The Morgan fingerprint density at radius 2 is 2.09 bits per heavy atom. The lowest BCUT2D eigenvalue weighted by Crippen LogP contribution is -2.27. The topological polar surface area (TPSA) is 135 Å². The number of aromatic nitrogens is 2. The molecule has 0 radical (unpaired) electrons. The van der Waals surface area contributed by atoms with Crippen molar-refractivity contribution in [2.45, 2.75) is 52.7 Å². The number of fused-ring (bicyclic) bond motifs is 1. The molecule has 2 unspecified atom stereocenters. The third-order valence-electron chi connectivity index (χ3n) is 4.27. The molecule has 0 bridgehead atoms. The van der Waals surface area contributed by atoms with Gasteiger partial charge in [0.25, 0.3) is 0 Å². The van der Waals surface area contributed by atoms with Crippen molar-refractivity contribution in [2.24, 2.45) is 0 Å². The Labute approximate surface area is 196 Å². The Bertz CT molecular complexity index is 1020. The Balaban J connectivity index is 0.000000211. The Kier molecular flexibility index (Phi) is 10.2. The number of ether oxygens (including phenoxy) is 1. The van der Waals surface area contributed by atoms with Crippen LogP contribution in [0.1, 0.15) is 44.0 Å². The van der Waals surface area contributed by atoms with Crippen molar-refractivity contribution >= 4 is 32.0 Å². The summed E-state index contributed by atoms with van der Waals surface area (Å²) in [5.41, 5.74) is 1.24. The van der Waals surface area contributed by atoms with Crippen LogP contribution < -0.4 is 10.2 Å². The SMILES string of the molecule is CC.Cc1cn(C2CC[C@@H](O)O2)c(=O)[nH]c1=S.OCO[P+]1(O)OCc2cc(Cl)ccc2O1. The van der Waals surface area contributed by atoms with Gasteiger partial charge in [-0.3, -0.25) is 14.1 Å². The van der Waals surface area contributed by atoms with Gasteiger partial charge < -0.3 is 14.9 Å². The zero-order chi connectivity index (χ0) is 23.9. The summed E-state index contributed by atoms with van der Waals surface area (Å²) in [6, 6.07) is 4.93. The number of hydrogen-bond donors (Lipinski definition) is 4. The minimum Gasteiger partial charge on any atom is -0.368 e. The summed E-state index contributed by atoms with van der Waals surface area (Å²) in [5, 5.41) is 18.3. The fourth-order valence-corrected chi connectivity index (χ4v) is 4.18. The minimum absolute atomic E-state index is 0.139. The van der Waals surface area contributed by atoms with Crippen molar-refractivity contribution in [1.29, 1.82) is 0 Å². The summed E-state index contributed by atoms with van der Waals surface area (Å²) in [7, 11) is -3.40. The fourth-order valence-electron chi connectivity index (χ4n) is 2.80. The maximum absolute atomic E-state index is 11.6. The van der Waals surface area contributed by atoms with Crippen molar-refractivity contribution in [1.82, 2.24) is 9.55 Å². The highest BCUT2D eigenvalue weighted by atomic mass is 35.5. The van der Waals surface area contributed by atoms with Crippen LogP contribution in [0.15, 0.2) is 29.2 Å². The van der Waals surface area contributed by atoms with Crippen molar-refractivity contribution in [2.75, 3.05) is 6.79 Å². The number of nitrogens with zero attached hydrogens (tertiary/aromatic N) is 1. The first-order chi connectivity index (χ1) is 15.2. The van der Waals surface area contributed by atoms with Gasteiger partial charge in [-0.05, 0) is 31.5 Å². The first-order valence-electron chi connectivity index (χ1n) is 9.86. The molecule has 2 aliphatic heterocycles. The number of aryl methyl sites for hydroxylation is 1. The van der Waals surface area contributed by atoms with E-state index < -0.39 is 27.5 Å². The zero-order valence-electron chi connectivity index (χ0n) is 17.9. The van der Waals surface area contributed by atoms with Gasteiger partial charge in [0.05, 0.1) is 0 Å². The Hall–Kier alpha value is -1.40. The van der Waals surface area contributed by atoms with Crippen molar-refractivity contribution in [3.8, 4) is 5.75 Å². The number of halogens is 1. The third-order valence-corrected chi connectivity index (χ3v) is 6.25. The van der Waals surface area contributed by atoms with Crippen LogP contribution in [0, 0.1) is 11.6 Å². The van der Waals surface area contributed by atoms with E-state index in [1.807, 2.05) is 20.8 Å². The summed E-state index contributed by atoms with van der Waals surface area (Å²) in [5.74, 6) is 0.454. The van der Waals surface area contributed by atoms with Crippen molar-refractivity contribution in [3.05, 3.63) is 55.7 Å². The molecule has 0 aliphatic carbocycles. The Morgan fingerprint density at radius 1 is 1.38 bits per heavy atom. The van der Waals surface area contributed by atoms with Gasteiger partial charge >= 0.3 is 13.9 Å². The fraction of sp³-hybridized carbons (Fsp3) is 0.474. The predicted molar refractivity (Wildman–Crippen MR) is 122 cm³/mol. The molecule has 178 valence electrons. The Morgan fingerprint density at radius 3 is 2.72 bits per heavy atom. The van der Waals surface area contributed by atoms with Gasteiger partial charge in [0, 0.05) is 28.8 Å². The quantitative estimate of drug-likeness (QED) is 0.277. The van der Waals surface area contributed by atoms with Crippen LogP contribution in [0.2, 0.25) is 5.02 Å². The van der Waals surface area contributed by atoms with E-state index in [0.29, 0.717) is 28.3 Å². The molecular formula is C19H27ClN2O8PS+. The summed E-state index contributed by atoms with van der Waals surface area (Å²) < 4.78 is 21.8. The molecule has 1 aromatic carbocycles. The van der Waals surface area contributed by atoms with Crippen LogP contribution in [-0.2, 0) is 20.4 Å². The lowest BCUT2D eigenvalue weighted by Gasteiger charge is -2.20. The molecule has 1 fully saturated rings. The first-order valence-corrected chi connectivity index (χ1v) is 12.1. The summed E-state index contributed by atoms with van der Waals surface area (Å²) >= 11 is 10.7. The van der Waals surface area contributed by atoms with E-state index in [0.717, 1.165) is 11.1 Å². The minimum atomic E-state index is -3.40. The lowest BCUT2D eigenvalue weighted by molar-refractivity contribution is -0.113. The average Bonchev–Trinajstić information content (AvgIpc) is 3.19. The normalized spacial score (nSPS) is 23.7. The molecular weight excluding hydrogens is 483 g/mol. The highest BCUT2D eigenvalue weighted by Gasteiger charge is 2.50. The zero-order valence-corrected chi connectivity index (χ0v) is 20.3. The van der Waals surface area contributed by atoms with E-state index in [2.05, 4.69) is 9.51 Å². The second-order valence-corrected chi connectivity index (χ2v) is 8.93. The number of aliphatic hydroxyl groups is 2. The maximum Gasteiger partial charge on any atom is 0.621 e. The molecule has 3 heterocycles. The first kappa shape index (κ1) is 26.8. The van der Waals surface area contributed by atoms with E-state index >= 15 is 0 Å². The summed E-state index contributed by atoms with van der Waals surface area (Å²) in [6.45, 7) is 5.30. The van der Waals surface area contributed by atoms with Gasteiger partial charge in [0.1, 0.15) is 17.5 Å². The van der Waals surface area contributed by atoms with Crippen LogP contribution in [-0.4, -0.2) is 37.7 Å². The van der Waals surface area contributed by atoms with E-state index in [1.165, 1.54) is 4.57 Å². The van der Waals surface area contributed by atoms with E-state index in [1.54, 1.807) is 24.4 Å². The highest BCUT2D eigenvalue weighted by Crippen LogP contribution is 2.61. The number of benzene rings is 1. The highest BCUT2D eigenvalue weighted by molar-refractivity contribution is 7.71. The van der Waals surface area contributed by atoms with E-state index in [4.69, 9.17) is 42.7 Å². The second kappa shape index (κ2) is 12.2. The molecule has 0 amide bonds. The number of rotatable bonds is 3. The number of nitrogens with one attached hydrogen (secondary N) is 1. The molecule has 2 aliphatic rings. The number of H-pyrrole nitrogens is 1. The van der Waals surface area contributed by atoms with Crippen LogP contribution in [0.4, 0.5) is 0 Å². The van der Waals surface area contributed by atoms with Crippen molar-refractivity contribution in [3.63, 3.8) is 0 Å². The maximum atomic E-state index is 11.6. The standard InChI is InChI=1S/C9H12N2O3S.C8H9ClO5P.C2H6/c1-5-4-11(9(13)10-8(5)15)6-2-3-7(12)14-6;9-7-1-2-8-6(3-7)4-12-15(11,14-8)13-5-10;1-2/h4,6-7,12H,2-3H2,1H3,(H,10,13,15);1-3,10-11H,4-5H2;1-2H3/q;+1;/t6?,7-;;/m0../s1. The second-order valence-electron chi connectivity index (χ2n) is 6.44. The molecule has 1 saturated heterocycles. The molecule has 4 rings (SSSR count). The van der Waals surface area contributed by atoms with Gasteiger partial charge in [0.2, 0.25) is 0 Å². The van der Waals surface area contributed by atoms with Gasteiger partial charge in [-0.1, -0.05) is 37.7 Å². The molecule has 3 atom stereocenters. The molecule has 0 saturated carbocycles. The van der Waals surface area contributed by atoms with Crippen LogP contribution in [0.3, 0.4) is 0 Å². The monoisotopic (exact) mass is 509 g/mol. The average molecular weight is 510 g/mol. The van der Waals surface area contributed by atoms with Crippen LogP contribution in [0.5, 0.6) is 5.75 Å². The molecule has 1 aromatic heterocycles. The molecule has 13 heteroatoms. The van der Waals surface area contributed by atoms with Gasteiger partial charge in [-0.2, -0.15) is 4.89 Å². The molecule has 2 aromatic rings. The van der Waals surface area contributed by atoms with Crippen molar-refractivity contribution < 1.29 is 33.4 Å². The smallest absolute Gasteiger partial charge is 0.368 e. The number of hydrogen-bond acceptors (Lipinski definition) is 9.